The van der Waals surface area contributed by atoms with E-state index in [0.717, 1.165) is 0 Å². The minimum absolute atomic E-state index is 0.0149. The van der Waals surface area contributed by atoms with Crippen LogP contribution in [0.1, 0.15) is 27.2 Å². The van der Waals surface area contributed by atoms with E-state index in [1.54, 1.807) is 26.1 Å². The molecule has 0 saturated carbocycles. The molecule has 0 aromatic carbocycles. The van der Waals surface area contributed by atoms with Crippen molar-refractivity contribution in [2.45, 2.75) is 57.7 Å². The van der Waals surface area contributed by atoms with Gasteiger partial charge >= 0.3 is 0 Å². The molecule has 1 heterocycles. The number of hydrogen-bond donors (Lipinski definition) is 0. The van der Waals surface area contributed by atoms with Gasteiger partial charge in [0.05, 0.1) is 12.7 Å². The summed E-state index contributed by atoms with van der Waals surface area (Å²) in [6.45, 7) is 11.6. The maximum Gasteiger partial charge on any atom is 0.222 e. The molecular weight excluding hydrogens is 310 g/mol. The van der Waals surface area contributed by atoms with Gasteiger partial charge in [-0.2, -0.15) is 0 Å². The maximum absolute atomic E-state index is 12.0. The Bertz CT molecular complexity index is 429. The van der Waals surface area contributed by atoms with E-state index in [1.165, 1.54) is 0 Å². The van der Waals surface area contributed by atoms with E-state index < -0.39 is 8.32 Å². The Hall–Kier alpha value is -0.693. The fourth-order valence-electron chi connectivity index (χ4n) is 2.06. The number of amides is 1. The predicted molar refractivity (Wildman–Crippen MR) is 94.8 cm³/mol. The SMILES string of the molecule is CO[C@@H]1C=C[C@@H](CC(=O)N(C)C)[C@@H](CO[Si](C)(C)C(C)(C)C)O1. The number of nitrogens with zero attached hydrogens (tertiary/aromatic N) is 1. The molecule has 0 aliphatic carbocycles. The molecule has 0 aromatic heterocycles. The van der Waals surface area contributed by atoms with Crippen molar-refractivity contribution in [3.8, 4) is 0 Å². The molecule has 6 heteroatoms. The lowest BCUT2D eigenvalue weighted by Gasteiger charge is -2.39. The second-order valence-electron chi connectivity index (χ2n) is 7.89. The monoisotopic (exact) mass is 343 g/mol. The van der Waals surface area contributed by atoms with Crippen molar-refractivity contribution in [2.24, 2.45) is 5.92 Å². The number of rotatable bonds is 6. The summed E-state index contributed by atoms with van der Waals surface area (Å²) in [7, 11) is 3.31. The molecular formula is C17H33NO4Si. The third-order valence-electron chi connectivity index (χ3n) is 4.86. The largest absolute Gasteiger partial charge is 0.414 e. The zero-order valence-electron chi connectivity index (χ0n) is 15.9. The third kappa shape index (κ3) is 5.71. The van der Waals surface area contributed by atoms with Gasteiger partial charge in [-0.3, -0.25) is 4.79 Å². The van der Waals surface area contributed by atoms with Gasteiger partial charge in [0, 0.05) is 33.5 Å². The number of ether oxygens (including phenoxy) is 2. The lowest BCUT2D eigenvalue weighted by atomic mass is 9.95. The van der Waals surface area contributed by atoms with Crippen molar-refractivity contribution in [3.05, 3.63) is 12.2 Å². The van der Waals surface area contributed by atoms with Gasteiger partial charge in [0.25, 0.3) is 0 Å². The average molecular weight is 344 g/mol. The van der Waals surface area contributed by atoms with Crippen LogP contribution in [0.3, 0.4) is 0 Å². The third-order valence-corrected chi connectivity index (χ3v) is 9.36. The topological polar surface area (TPSA) is 48.0 Å². The minimum Gasteiger partial charge on any atom is -0.414 e. The summed E-state index contributed by atoms with van der Waals surface area (Å²) in [6, 6.07) is 0. The Kier molecular flexibility index (Phi) is 7.01. The van der Waals surface area contributed by atoms with Crippen LogP contribution >= 0.6 is 0 Å². The molecule has 0 unspecified atom stereocenters. The molecule has 1 aliphatic rings. The molecule has 134 valence electrons. The van der Waals surface area contributed by atoms with E-state index >= 15 is 0 Å². The molecule has 1 rings (SSSR count). The maximum atomic E-state index is 12.0. The summed E-state index contributed by atoms with van der Waals surface area (Å²) in [6.07, 6.45) is 3.79. The fourth-order valence-corrected chi connectivity index (χ4v) is 3.08. The Morgan fingerprint density at radius 2 is 1.87 bits per heavy atom. The van der Waals surface area contributed by atoms with E-state index in [2.05, 4.69) is 33.9 Å². The second kappa shape index (κ2) is 7.92. The van der Waals surface area contributed by atoms with Gasteiger partial charge in [-0.25, -0.2) is 0 Å². The molecule has 5 nitrogen and oxygen atoms in total. The summed E-state index contributed by atoms with van der Waals surface area (Å²) < 4.78 is 17.5. The van der Waals surface area contributed by atoms with Gasteiger partial charge in [0.1, 0.15) is 0 Å². The quantitative estimate of drug-likeness (QED) is 0.549. The van der Waals surface area contributed by atoms with Crippen LogP contribution in [0.4, 0.5) is 0 Å². The van der Waals surface area contributed by atoms with Crippen LogP contribution in [0.5, 0.6) is 0 Å². The van der Waals surface area contributed by atoms with E-state index in [-0.39, 0.29) is 29.3 Å². The number of methoxy groups -OCH3 is 1. The molecule has 1 aliphatic heterocycles. The molecule has 0 bridgehead atoms. The highest BCUT2D eigenvalue weighted by Gasteiger charge is 2.39. The Balaban J connectivity index is 2.78. The average Bonchev–Trinajstić information content (AvgIpc) is 2.44. The van der Waals surface area contributed by atoms with Gasteiger partial charge in [0.2, 0.25) is 5.91 Å². The van der Waals surface area contributed by atoms with Crippen LogP contribution in [-0.2, 0) is 18.7 Å². The Morgan fingerprint density at radius 3 is 2.35 bits per heavy atom. The number of hydrogen-bond acceptors (Lipinski definition) is 4. The zero-order valence-corrected chi connectivity index (χ0v) is 16.9. The molecule has 0 saturated heterocycles. The molecule has 0 spiro atoms. The van der Waals surface area contributed by atoms with Crippen molar-refractivity contribution in [1.29, 1.82) is 0 Å². The van der Waals surface area contributed by atoms with Gasteiger partial charge < -0.3 is 18.8 Å². The number of carbonyl (C=O) groups is 1. The highest BCUT2D eigenvalue weighted by Crippen LogP contribution is 2.37. The van der Waals surface area contributed by atoms with Crippen molar-refractivity contribution in [1.82, 2.24) is 4.90 Å². The van der Waals surface area contributed by atoms with Gasteiger partial charge in [0.15, 0.2) is 14.6 Å². The van der Waals surface area contributed by atoms with E-state index in [1.807, 2.05) is 12.2 Å². The van der Waals surface area contributed by atoms with Gasteiger partial charge in [-0.15, -0.1) is 0 Å². The van der Waals surface area contributed by atoms with Gasteiger partial charge in [-0.05, 0) is 24.2 Å². The van der Waals surface area contributed by atoms with Crippen molar-refractivity contribution in [3.63, 3.8) is 0 Å². The Morgan fingerprint density at radius 1 is 1.26 bits per heavy atom. The van der Waals surface area contributed by atoms with Gasteiger partial charge in [-0.1, -0.05) is 26.8 Å². The minimum atomic E-state index is -1.85. The van der Waals surface area contributed by atoms with Crippen LogP contribution < -0.4 is 0 Å². The highest BCUT2D eigenvalue weighted by molar-refractivity contribution is 6.74. The summed E-state index contributed by atoms with van der Waals surface area (Å²) in [5, 5.41) is 0.146. The molecule has 23 heavy (non-hydrogen) atoms. The van der Waals surface area contributed by atoms with Crippen LogP contribution in [0.25, 0.3) is 0 Å². The van der Waals surface area contributed by atoms with E-state index in [0.29, 0.717) is 13.0 Å². The summed E-state index contributed by atoms with van der Waals surface area (Å²) in [5.74, 6) is 0.109. The highest BCUT2D eigenvalue weighted by atomic mass is 28.4. The van der Waals surface area contributed by atoms with E-state index in [9.17, 15) is 4.79 Å². The second-order valence-corrected chi connectivity index (χ2v) is 12.7. The van der Waals surface area contributed by atoms with Crippen LogP contribution in [0.15, 0.2) is 12.2 Å². The van der Waals surface area contributed by atoms with Crippen LogP contribution in [0.2, 0.25) is 18.1 Å². The molecule has 0 aromatic rings. The molecule has 3 atom stereocenters. The molecule has 0 fully saturated rings. The van der Waals surface area contributed by atoms with Crippen LogP contribution in [-0.4, -0.2) is 59.3 Å². The van der Waals surface area contributed by atoms with Crippen molar-refractivity contribution in [2.75, 3.05) is 27.8 Å². The van der Waals surface area contributed by atoms with E-state index in [4.69, 9.17) is 13.9 Å². The first kappa shape index (κ1) is 20.4. The smallest absolute Gasteiger partial charge is 0.222 e. The predicted octanol–water partition coefficient (Wildman–Crippen LogP) is 3.03. The van der Waals surface area contributed by atoms with Crippen molar-refractivity contribution >= 4 is 14.2 Å². The molecule has 1 amide bonds. The Labute approximate surface area is 142 Å². The molecule has 0 radical (unpaired) electrons. The van der Waals surface area contributed by atoms with Crippen LogP contribution in [0, 0.1) is 5.92 Å². The summed E-state index contributed by atoms with van der Waals surface area (Å²) in [5.41, 5.74) is 0. The normalized spacial score (nSPS) is 25.5. The first-order valence-corrected chi connectivity index (χ1v) is 11.1. The first-order chi connectivity index (χ1) is 10.5. The lowest BCUT2D eigenvalue weighted by molar-refractivity contribution is -0.158. The fraction of sp³-hybridized carbons (Fsp3) is 0.824. The summed E-state index contributed by atoms with van der Waals surface area (Å²) in [4.78, 5) is 13.7. The first-order valence-electron chi connectivity index (χ1n) is 8.18. The zero-order chi connectivity index (χ0) is 17.8. The number of carbonyl (C=O) groups excluding carboxylic acids is 1. The molecule has 0 N–H and O–H groups in total. The standard InChI is InChI=1S/C17H33NO4Si/c1-17(2,3)23(7,8)21-12-14-13(11-15(19)18(4)5)9-10-16(20-6)22-14/h9-10,13-14,16H,11-12H2,1-8H3/t13-,14+,16-/m0/s1. The summed E-state index contributed by atoms with van der Waals surface area (Å²) >= 11 is 0. The lowest BCUT2D eigenvalue weighted by Crippen LogP contribution is -2.46. The van der Waals surface area contributed by atoms with Crippen molar-refractivity contribution < 1.29 is 18.7 Å².